The Labute approximate surface area is 238 Å². The zero-order valence-electron chi connectivity index (χ0n) is 24.0. The van der Waals surface area contributed by atoms with E-state index in [0.717, 1.165) is 18.1 Å². The molecule has 8 heteroatoms. The number of benzene rings is 2. The van der Waals surface area contributed by atoms with Crippen LogP contribution in [-0.4, -0.2) is 54.6 Å². The number of aromatic hydroxyl groups is 1. The SMILES string of the molecule is CC(=O)C1=C(O)C(C(C)C)[C@@]2(C)[C@H](O)[C@]3(C)C(=C(O)[C@@]2(O)C1=O)C(=O)c1c(O)cccc1[C@H]3Cc1cccc(C)c1. The number of ketones is 3. The van der Waals surface area contributed by atoms with Crippen LogP contribution in [0.5, 0.6) is 5.75 Å². The Morgan fingerprint density at radius 3 is 2.24 bits per heavy atom. The summed E-state index contributed by atoms with van der Waals surface area (Å²) < 4.78 is 0. The number of allylic oxidation sites excluding steroid dienone is 1. The summed E-state index contributed by atoms with van der Waals surface area (Å²) in [5.41, 5.74) is -5.28. The molecule has 0 amide bonds. The summed E-state index contributed by atoms with van der Waals surface area (Å²) in [5.74, 6) is -7.14. The van der Waals surface area contributed by atoms with Crippen LogP contribution in [0.4, 0.5) is 0 Å². The van der Waals surface area contributed by atoms with Crippen molar-refractivity contribution < 1.29 is 39.9 Å². The number of phenols is 1. The van der Waals surface area contributed by atoms with Crippen LogP contribution in [0, 0.1) is 29.6 Å². The van der Waals surface area contributed by atoms with Gasteiger partial charge in [-0.1, -0.05) is 69.7 Å². The summed E-state index contributed by atoms with van der Waals surface area (Å²) in [6.07, 6.45) is -1.39. The molecule has 0 saturated carbocycles. The summed E-state index contributed by atoms with van der Waals surface area (Å²) in [5, 5.41) is 58.9. The molecule has 8 nitrogen and oxygen atoms in total. The molecule has 1 unspecified atom stereocenters. The number of hydrogen-bond acceptors (Lipinski definition) is 8. The maximum absolute atomic E-state index is 14.2. The van der Waals surface area contributed by atoms with Gasteiger partial charge in [0.15, 0.2) is 17.2 Å². The molecule has 0 spiro atoms. The number of aliphatic hydroxyl groups is 4. The standard InChI is InChI=1S/C33H36O8/c1-15(2)24-26(36)22(17(4)34)28(38)33(41)29(39)25-27(37)23-19(11-8-12-21(23)35)20(14-18-10-7-9-16(3)13-18)31(25,5)30(40)32(24,33)6/h7-13,15,20,24,30,35-36,39-41H,14H2,1-6H3/t20-,24?,30-,31+,32+,33+/m1/s1. The second-order valence-electron chi connectivity index (χ2n) is 12.6. The Morgan fingerprint density at radius 2 is 1.66 bits per heavy atom. The van der Waals surface area contributed by atoms with Crippen molar-refractivity contribution >= 4 is 17.3 Å². The molecule has 0 radical (unpaired) electrons. The molecule has 3 aliphatic carbocycles. The summed E-state index contributed by atoms with van der Waals surface area (Å²) in [4.78, 5) is 40.7. The van der Waals surface area contributed by atoms with Crippen molar-refractivity contribution in [3.63, 3.8) is 0 Å². The third-order valence-electron chi connectivity index (χ3n) is 9.96. The smallest absolute Gasteiger partial charge is 0.209 e. The van der Waals surface area contributed by atoms with Gasteiger partial charge in [0, 0.05) is 22.7 Å². The van der Waals surface area contributed by atoms with Crippen molar-refractivity contribution in [1.82, 2.24) is 0 Å². The molecule has 0 heterocycles. The molecule has 2 aromatic rings. The minimum absolute atomic E-state index is 0.0857. The second kappa shape index (κ2) is 9.13. The highest BCUT2D eigenvalue weighted by molar-refractivity contribution is 6.25. The van der Waals surface area contributed by atoms with E-state index in [4.69, 9.17) is 0 Å². The van der Waals surface area contributed by atoms with E-state index in [1.807, 2.05) is 31.2 Å². The Morgan fingerprint density at radius 1 is 1.02 bits per heavy atom. The van der Waals surface area contributed by atoms with Crippen molar-refractivity contribution in [3.8, 4) is 5.75 Å². The number of rotatable bonds is 4. The number of carbonyl (C=O) groups is 3. The van der Waals surface area contributed by atoms with Gasteiger partial charge < -0.3 is 25.5 Å². The number of carbonyl (C=O) groups excluding carboxylic acids is 3. The monoisotopic (exact) mass is 560 g/mol. The van der Waals surface area contributed by atoms with E-state index in [9.17, 15) is 39.9 Å². The molecule has 0 saturated heterocycles. The lowest BCUT2D eigenvalue weighted by atomic mass is 9.41. The van der Waals surface area contributed by atoms with Gasteiger partial charge >= 0.3 is 0 Å². The number of aryl methyl sites for hydroxylation is 1. The van der Waals surface area contributed by atoms with Crippen LogP contribution in [0.15, 0.2) is 65.1 Å². The van der Waals surface area contributed by atoms with Crippen molar-refractivity contribution in [3.05, 3.63) is 87.4 Å². The predicted octanol–water partition coefficient (Wildman–Crippen LogP) is 4.41. The van der Waals surface area contributed by atoms with E-state index in [-0.39, 0.29) is 17.7 Å². The van der Waals surface area contributed by atoms with E-state index >= 15 is 0 Å². The highest BCUT2D eigenvalue weighted by Crippen LogP contribution is 2.68. The van der Waals surface area contributed by atoms with Gasteiger partial charge in [0.25, 0.3) is 0 Å². The lowest BCUT2D eigenvalue weighted by Crippen LogP contribution is -2.73. The summed E-state index contributed by atoms with van der Waals surface area (Å²) in [6.45, 7) is 9.47. The van der Waals surface area contributed by atoms with Gasteiger partial charge in [0.2, 0.25) is 5.78 Å². The quantitative estimate of drug-likeness (QED) is 0.345. The van der Waals surface area contributed by atoms with Crippen LogP contribution in [0.2, 0.25) is 0 Å². The Hall–Kier alpha value is -3.75. The number of Topliss-reactive ketones (excluding diaryl/α,β-unsaturated/α-hetero) is 3. The van der Waals surface area contributed by atoms with E-state index < -0.39 is 80.3 Å². The predicted molar refractivity (Wildman–Crippen MR) is 151 cm³/mol. The number of aliphatic hydroxyl groups excluding tert-OH is 3. The molecule has 2 aromatic carbocycles. The van der Waals surface area contributed by atoms with Gasteiger partial charge in [-0.15, -0.1) is 0 Å². The molecule has 0 aromatic heterocycles. The molecule has 216 valence electrons. The molecule has 0 fully saturated rings. The van der Waals surface area contributed by atoms with Crippen LogP contribution in [0.1, 0.15) is 67.6 Å². The van der Waals surface area contributed by atoms with Crippen molar-refractivity contribution in [2.24, 2.45) is 22.7 Å². The molecule has 5 N–H and O–H groups in total. The van der Waals surface area contributed by atoms with Crippen molar-refractivity contribution in [2.75, 3.05) is 0 Å². The van der Waals surface area contributed by atoms with Crippen LogP contribution in [0.25, 0.3) is 0 Å². The van der Waals surface area contributed by atoms with Gasteiger partial charge in [-0.2, -0.15) is 0 Å². The fourth-order valence-electron chi connectivity index (χ4n) is 8.14. The largest absolute Gasteiger partial charge is 0.511 e. The lowest BCUT2D eigenvalue weighted by Gasteiger charge is -2.63. The second-order valence-corrected chi connectivity index (χ2v) is 12.6. The van der Waals surface area contributed by atoms with Gasteiger partial charge in [-0.05, 0) is 43.4 Å². The fraction of sp³-hybridized carbons (Fsp3) is 0.424. The number of phenolic OH excluding ortho intramolecular Hbond substituents is 1. The number of hydrogen-bond donors (Lipinski definition) is 5. The first-order valence-electron chi connectivity index (χ1n) is 13.8. The zero-order chi connectivity index (χ0) is 30.4. The van der Waals surface area contributed by atoms with E-state index in [1.54, 1.807) is 32.9 Å². The normalized spacial score (nSPS) is 33.0. The third kappa shape index (κ3) is 3.44. The third-order valence-corrected chi connectivity index (χ3v) is 9.96. The highest BCUT2D eigenvalue weighted by atomic mass is 16.4. The van der Waals surface area contributed by atoms with Gasteiger partial charge in [0.1, 0.15) is 22.8 Å². The van der Waals surface area contributed by atoms with Crippen LogP contribution in [-0.2, 0) is 16.0 Å². The Balaban J connectivity index is 1.90. The van der Waals surface area contributed by atoms with Crippen molar-refractivity contribution in [1.29, 1.82) is 0 Å². The summed E-state index contributed by atoms with van der Waals surface area (Å²) >= 11 is 0. The van der Waals surface area contributed by atoms with Gasteiger partial charge in [-0.25, -0.2) is 0 Å². The lowest BCUT2D eigenvalue weighted by molar-refractivity contribution is -0.212. The molecular formula is C33H36O8. The van der Waals surface area contributed by atoms with Crippen molar-refractivity contribution in [2.45, 2.75) is 65.6 Å². The average molecular weight is 561 g/mol. The van der Waals surface area contributed by atoms with Gasteiger partial charge in [0.05, 0.1) is 17.2 Å². The van der Waals surface area contributed by atoms with E-state index in [1.165, 1.54) is 13.0 Å². The molecule has 41 heavy (non-hydrogen) atoms. The van der Waals surface area contributed by atoms with E-state index in [0.29, 0.717) is 5.56 Å². The first kappa shape index (κ1) is 28.8. The summed E-state index contributed by atoms with van der Waals surface area (Å²) in [6, 6.07) is 12.3. The minimum atomic E-state index is -2.91. The Bertz CT molecular complexity index is 1580. The molecule has 5 rings (SSSR count). The minimum Gasteiger partial charge on any atom is -0.511 e. The van der Waals surface area contributed by atoms with Crippen LogP contribution < -0.4 is 0 Å². The maximum atomic E-state index is 14.2. The van der Waals surface area contributed by atoms with Gasteiger partial charge in [-0.3, -0.25) is 14.4 Å². The molecule has 6 atom stereocenters. The average Bonchev–Trinajstić information content (AvgIpc) is 2.88. The summed E-state index contributed by atoms with van der Waals surface area (Å²) in [7, 11) is 0. The van der Waals surface area contributed by atoms with E-state index in [2.05, 4.69) is 0 Å². The molecule has 3 aliphatic rings. The van der Waals surface area contributed by atoms with Crippen LogP contribution >= 0.6 is 0 Å². The fourth-order valence-corrected chi connectivity index (χ4v) is 8.14. The molecule has 0 aliphatic heterocycles. The van der Waals surface area contributed by atoms with Crippen LogP contribution in [0.3, 0.4) is 0 Å². The maximum Gasteiger partial charge on any atom is 0.209 e. The zero-order valence-corrected chi connectivity index (χ0v) is 24.0. The topological polar surface area (TPSA) is 152 Å². The first-order valence-corrected chi connectivity index (χ1v) is 13.8. The highest BCUT2D eigenvalue weighted by Gasteiger charge is 2.76. The molecule has 0 bridgehead atoms. The number of fused-ring (bicyclic) bond motifs is 3. The first-order chi connectivity index (χ1) is 19.1. The molecular weight excluding hydrogens is 524 g/mol. The Kier molecular flexibility index (Phi) is 6.40.